The topological polar surface area (TPSA) is 66.4 Å². The molecule has 1 amide bonds. The lowest BCUT2D eigenvalue weighted by molar-refractivity contribution is 0.0696. The normalized spacial score (nSPS) is 10.2. The molecule has 0 bridgehead atoms. The van der Waals surface area contributed by atoms with Crippen molar-refractivity contribution in [3.8, 4) is 0 Å². The van der Waals surface area contributed by atoms with Crippen LogP contribution in [-0.4, -0.2) is 17.0 Å². The molecule has 2 N–H and O–H groups in total. The molecule has 0 aliphatic carbocycles. The fourth-order valence-corrected chi connectivity index (χ4v) is 2.25. The van der Waals surface area contributed by atoms with Crippen LogP contribution >= 0.6 is 27.5 Å². The zero-order valence-corrected chi connectivity index (χ0v) is 12.7. The van der Waals surface area contributed by atoms with E-state index in [0.29, 0.717) is 4.47 Å². The number of nitrogens with one attached hydrogen (secondary N) is 1. The molecule has 0 aliphatic rings. The van der Waals surface area contributed by atoms with Crippen LogP contribution in [0.5, 0.6) is 0 Å². The van der Waals surface area contributed by atoms with Crippen LogP contribution in [0.1, 0.15) is 20.7 Å². The molecule has 0 atom stereocenters. The predicted octanol–water partition coefficient (Wildman–Crippen LogP) is 4.19. The number of hydrogen-bond donors (Lipinski definition) is 2. The van der Waals surface area contributed by atoms with Crippen LogP contribution in [0.15, 0.2) is 40.9 Å². The monoisotopic (exact) mass is 371 g/mol. The fraction of sp³-hybridized carbons (Fsp3) is 0. The lowest BCUT2D eigenvalue weighted by Crippen LogP contribution is -2.15. The van der Waals surface area contributed by atoms with Crippen molar-refractivity contribution >= 4 is 45.1 Å². The van der Waals surface area contributed by atoms with E-state index in [9.17, 15) is 14.0 Å². The number of rotatable bonds is 3. The lowest BCUT2D eigenvalue weighted by Gasteiger charge is -2.10. The summed E-state index contributed by atoms with van der Waals surface area (Å²) in [6.45, 7) is 0. The number of anilines is 1. The molecule has 0 unspecified atom stereocenters. The average Bonchev–Trinajstić information content (AvgIpc) is 2.40. The van der Waals surface area contributed by atoms with Gasteiger partial charge in [0.25, 0.3) is 5.91 Å². The summed E-state index contributed by atoms with van der Waals surface area (Å²) in [5, 5.41) is 11.3. The molecule has 0 aromatic heterocycles. The number of hydrogen-bond acceptors (Lipinski definition) is 2. The van der Waals surface area contributed by atoms with E-state index in [1.54, 1.807) is 0 Å². The Bertz CT molecular complexity index is 716. The number of halogens is 3. The molecule has 2 rings (SSSR count). The molecular formula is C14H8BrClFNO3. The Morgan fingerprint density at radius 1 is 1.24 bits per heavy atom. The van der Waals surface area contributed by atoms with Crippen LogP contribution in [0, 0.1) is 5.82 Å². The number of carbonyl (C=O) groups excluding carboxylic acids is 1. The van der Waals surface area contributed by atoms with Crippen molar-refractivity contribution in [1.29, 1.82) is 0 Å². The van der Waals surface area contributed by atoms with Gasteiger partial charge in [-0.25, -0.2) is 9.18 Å². The second-order valence-corrected chi connectivity index (χ2v) is 5.31. The molecule has 4 nitrogen and oxygen atoms in total. The Labute approximate surface area is 132 Å². The smallest absolute Gasteiger partial charge is 0.335 e. The summed E-state index contributed by atoms with van der Waals surface area (Å²) in [7, 11) is 0. The van der Waals surface area contributed by atoms with Crippen molar-refractivity contribution in [3.05, 3.63) is 62.8 Å². The standard InChI is InChI=1S/C14H8BrClFNO3/c15-8-5-4-7(14(20)21)6-11(8)18-13(19)12-9(16)2-1-3-10(12)17/h1-6H,(H,18,19)(H,20,21). The van der Waals surface area contributed by atoms with Crippen molar-refractivity contribution in [2.24, 2.45) is 0 Å². The van der Waals surface area contributed by atoms with E-state index in [1.807, 2.05) is 0 Å². The largest absolute Gasteiger partial charge is 0.478 e. The summed E-state index contributed by atoms with van der Waals surface area (Å²) in [5.41, 5.74) is -0.0980. The highest BCUT2D eigenvalue weighted by molar-refractivity contribution is 9.10. The second-order valence-electron chi connectivity index (χ2n) is 4.05. The highest BCUT2D eigenvalue weighted by Gasteiger charge is 2.17. The number of carboxylic acids is 1. The minimum absolute atomic E-state index is 0.00636. The van der Waals surface area contributed by atoms with Crippen molar-refractivity contribution in [1.82, 2.24) is 0 Å². The zero-order chi connectivity index (χ0) is 15.6. The number of amides is 1. The molecule has 0 spiro atoms. The van der Waals surface area contributed by atoms with Gasteiger partial charge < -0.3 is 10.4 Å². The first-order valence-corrected chi connectivity index (χ1v) is 6.85. The highest BCUT2D eigenvalue weighted by Crippen LogP contribution is 2.26. The Hall–Kier alpha value is -1.92. The first kappa shape index (κ1) is 15.5. The third-order valence-corrected chi connectivity index (χ3v) is 3.66. The Kier molecular flexibility index (Phi) is 4.59. The molecular weight excluding hydrogens is 365 g/mol. The molecule has 0 radical (unpaired) electrons. The summed E-state index contributed by atoms with van der Waals surface area (Å²) in [6.07, 6.45) is 0. The molecule has 0 saturated heterocycles. The summed E-state index contributed by atoms with van der Waals surface area (Å²) in [4.78, 5) is 23.0. The summed E-state index contributed by atoms with van der Waals surface area (Å²) < 4.78 is 14.1. The van der Waals surface area contributed by atoms with Crippen LogP contribution in [0.25, 0.3) is 0 Å². The Morgan fingerprint density at radius 2 is 1.95 bits per heavy atom. The lowest BCUT2D eigenvalue weighted by atomic mass is 10.1. The maximum absolute atomic E-state index is 13.7. The first-order chi connectivity index (χ1) is 9.90. The van der Waals surface area contributed by atoms with Gasteiger partial charge in [0.15, 0.2) is 0 Å². The zero-order valence-electron chi connectivity index (χ0n) is 10.4. The van der Waals surface area contributed by atoms with Gasteiger partial charge in [0.05, 0.1) is 21.8 Å². The quantitative estimate of drug-likeness (QED) is 0.849. The molecule has 2 aromatic rings. The van der Waals surface area contributed by atoms with Gasteiger partial charge >= 0.3 is 5.97 Å². The van der Waals surface area contributed by atoms with Crippen molar-refractivity contribution < 1.29 is 19.1 Å². The van der Waals surface area contributed by atoms with Crippen LogP contribution in [-0.2, 0) is 0 Å². The van der Waals surface area contributed by atoms with Gasteiger partial charge in [-0.3, -0.25) is 4.79 Å². The van der Waals surface area contributed by atoms with Gasteiger partial charge in [-0.15, -0.1) is 0 Å². The van der Waals surface area contributed by atoms with Crippen molar-refractivity contribution in [3.63, 3.8) is 0 Å². The Balaban J connectivity index is 2.36. The van der Waals surface area contributed by atoms with Crippen LogP contribution in [0.2, 0.25) is 5.02 Å². The van der Waals surface area contributed by atoms with E-state index in [0.717, 1.165) is 6.07 Å². The van der Waals surface area contributed by atoms with Crippen LogP contribution in [0.4, 0.5) is 10.1 Å². The van der Waals surface area contributed by atoms with Crippen molar-refractivity contribution in [2.75, 3.05) is 5.32 Å². The first-order valence-electron chi connectivity index (χ1n) is 5.68. The number of aromatic carboxylic acids is 1. The minimum atomic E-state index is -1.14. The average molecular weight is 373 g/mol. The number of benzene rings is 2. The predicted molar refractivity (Wildman–Crippen MR) is 80.5 cm³/mol. The Morgan fingerprint density at radius 3 is 2.57 bits per heavy atom. The van der Waals surface area contributed by atoms with Gasteiger partial charge in [-0.05, 0) is 46.3 Å². The third-order valence-electron chi connectivity index (χ3n) is 2.65. The van der Waals surface area contributed by atoms with E-state index in [-0.39, 0.29) is 21.8 Å². The summed E-state index contributed by atoms with van der Waals surface area (Å²) in [5.74, 6) is -2.66. The van der Waals surface area contributed by atoms with Crippen molar-refractivity contribution in [2.45, 2.75) is 0 Å². The van der Waals surface area contributed by atoms with Gasteiger partial charge in [0.2, 0.25) is 0 Å². The van der Waals surface area contributed by atoms with Gasteiger partial charge in [-0.1, -0.05) is 17.7 Å². The van der Waals surface area contributed by atoms with E-state index in [1.165, 1.54) is 30.3 Å². The van der Waals surface area contributed by atoms with Crippen LogP contribution < -0.4 is 5.32 Å². The molecule has 0 aliphatic heterocycles. The van der Waals surface area contributed by atoms with E-state index < -0.39 is 17.7 Å². The summed E-state index contributed by atoms with van der Waals surface area (Å²) >= 11 is 8.99. The third kappa shape index (κ3) is 3.40. The minimum Gasteiger partial charge on any atom is -0.478 e. The summed E-state index contributed by atoms with van der Waals surface area (Å²) in [6, 6.07) is 8.00. The van der Waals surface area contributed by atoms with E-state index in [4.69, 9.17) is 16.7 Å². The molecule has 21 heavy (non-hydrogen) atoms. The maximum Gasteiger partial charge on any atom is 0.335 e. The molecule has 0 fully saturated rings. The van der Waals surface area contributed by atoms with E-state index >= 15 is 0 Å². The SMILES string of the molecule is O=C(O)c1ccc(Br)c(NC(=O)c2c(F)cccc2Cl)c1. The number of carboxylic acid groups (broad SMARTS) is 1. The molecule has 7 heteroatoms. The molecule has 0 saturated carbocycles. The molecule has 2 aromatic carbocycles. The van der Waals surface area contributed by atoms with Gasteiger partial charge in [0, 0.05) is 4.47 Å². The van der Waals surface area contributed by atoms with Gasteiger partial charge in [-0.2, -0.15) is 0 Å². The maximum atomic E-state index is 13.7. The number of carbonyl (C=O) groups is 2. The second kappa shape index (κ2) is 6.24. The molecule has 108 valence electrons. The highest BCUT2D eigenvalue weighted by atomic mass is 79.9. The van der Waals surface area contributed by atoms with Crippen LogP contribution in [0.3, 0.4) is 0 Å². The molecule has 0 heterocycles. The van der Waals surface area contributed by atoms with Gasteiger partial charge in [0.1, 0.15) is 5.82 Å². The van der Waals surface area contributed by atoms with E-state index in [2.05, 4.69) is 21.2 Å². The fourth-order valence-electron chi connectivity index (χ4n) is 1.65.